The third kappa shape index (κ3) is 1.78. The second-order valence-corrected chi connectivity index (χ2v) is 2.86. The Morgan fingerprint density at radius 2 is 2.00 bits per heavy atom. The van der Waals surface area contributed by atoms with Crippen LogP contribution in [-0.4, -0.2) is 30.5 Å². The molecule has 0 amide bonds. The van der Waals surface area contributed by atoms with Crippen molar-refractivity contribution in [2.75, 3.05) is 13.1 Å². The van der Waals surface area contributed by atoms with E-state index in [4.69, 9.17) is 5.11 Å². The number of alkyl halides is 3. The van der Waals surface area contributed by atoms with Gasteiger partial charge in [0.25, 0.3) is 0 Å². The number of halogens is 3. The Labute approximate surface area is 68.1 Å². The van der Waals surface area contributed by atoms with Crippen molar-refractivity contribution in [1.29, 1.82) is 0 Å². The number of aliphatic hydroxyl groups excluding tert-OH is 1. The third-order valence-corrected chi connectivity index (χ3v) is 1.99. The molecule has 1 aliphatic heterocycles. The summed E-state index contributed by atoms with van der Waals surface area (Å²) in [5, 5.41) is 11.8. The van der Waals surface area contributed by atoms with Crippen LogP contribution in [-0.2, 0) is 0 Å². The smallest absolute Gasteiger partial charge is 0.391 e. The molecule has 0 aromatic rings. The molecule has 0 aromatic carbocycles. The van der Waals surface area contributed by atoms with Crippen LogP contribution in [0.1, 0.15) is 0 Å². The van der Waals surface area contributed by atoms with E-state index in [1.54, 1.807) is 0 Å². The molecule has 70 valence electrons. The van der Waals surface area contributed by atoms with Crippen molar-refractivity contribution < 1.29 is 18.3 Å². The lowest BCUT2D eigenvalue weighted by Gasteiger charge is -2.18. The summed E-state index contributed by atoms with van der Waals surface area (Å²) in [5.74, 6) is -0.884. The average Bonchev–Trinajstić information content (AvgIpc) is 2.31. The van der Waals surface area contributed by atoms with Crippen LogP contribution in [0.25, 0.3) is 0 Å². The van der Waals surface area contributed by atoms with Crippen LogP contribution in [0.5, 0.6) is 0 Å². The zero-order chi connectivity index (χ0) is 9.35. The molecule has 0 aromatic heterocycles. The molecule has 0 bridgehead atoms. The van der Waals surface area contributed by atoms with E-state index in [1.807, 2.05) is 0 Å². The van der Waals surface area contributed by atoms with E-state index in [9.17, 15) is 13.2 Å². The number of rotatable bonds is 1. The minimum Gasteiger partial charge on any atom is -0.391 e. The predicted molar refractivity (Wildman–Crippen MR) is 37.6 cm³/mol. The minimum atomic E-state index is -4.39. The quantitative estimate of drug-likeness (QED) is 0.583. The predicted octanol–water partition coefficient (Wildman–Crippen LogP) is 0.685. The highest BCUT2D eigenvalue weighted by Crippen LogP contribution is 2.32. The Bertz CT molecular complexity index is 190. The Balaban J connectivity index is 2.64. The van der Waals surface area contributed by atoms with Crippen molar-refractivity contribution in [3.63, 3.8) is 0 Å². The minimum absolute atomic E-state index is 0.152. The highest BCUT2D eigenvalue weighted by atomic mass is 19.4. The second-order valence-electron chi connectivity index (χ2n) is 2.86. The van der Waals surface area contributed by atoms with E-state index in [0.29, 0.717) is 0 Å². The first-order chi connectivity index (χ1) is 5.43. The summed E-state index contributed by atoms with van der Waals surface area (Å²) < 4.78 is 36.1. The molecule has 0 radical (unpaired) electrons. The first-order valence-electron chi connectivity index (χ1n) is 3.57. The van der Waals surface area contributed by atoms with Crippen molar-refractivity contribution in [1.82, 2.24) is 5.32 Å². The lowest BCUT2D eigenvalue weighted by atomic mass is 9.97. The Kier molecular flexibility index (Phi) is 2.44. The van der Waals surface area contributed by atoms with E-state index in [2.05, 4.69) is 11.9 Å². The Morgan fingerprint density at radius 1 is 1.42 bits per heavy atom. The summed E-state index contributed by atoms with van der Waals surface area (Å²) in [5.41, 5.74) is -0.847. The number of aliphatic hydroxyl groups is 1. The molecule has 0 unspecified atom stereocenters. The first kappa shape index (κ1) is 9.54. The maximum absolute atomic E-state index is 12.0. The zero-order valence-corrected chi connectivity index (χ0v) is 6.36. The van der Waals surface area contributed by atoms with Crippen LogP contribution in [0.3, 0.4) is 0 Å². The van der Waals surface area contributed by atoms with E-state index < -0.39 is 23.8 Å². The molecule has 12 heavy (non-hydrogen) atoms. The van der Waals surface area contributed by atoms with Crippen LogP contribution < -0.4 is 5.32 Å². The van der Waals surface area contributed by atoms with Gasteiger partial charge < -0.3 is 10.4 Å². The summed E-state index contributed by atoms with van der Waals surface area (Å²) in [7, 11) is 0. The van der Waals surface area contributed by atoms with Gasteiger partial charge in [0.2, 0.25) is 0 Å². The molecular weight excluding hydrogens is 171 g/mol. The van der Waals surface area contributed by atoms with Gasteiger partial charge in [0.1, 0.15) is 0 Å². The van der Waals surface area contributed by atoms with Crippen molar-refractivity contribution in [2.45, 2.75) is 12.3 Å². The van der Waals surface area contributed by atoms with Crippen LogP contribution in [0.2, 0.25) is 0 Å². The van der Waals surface area contributed by atoms with Gasteiger partial charge in [-0.3, -0.25) is 0 Å². The molecule has 0 aliphatic carbocycles. The molecule has 2 nitrogen and oxygen atoms in total. The fraction of sp³-hybridized carbons (Fsp3) is 0.714. The average molecular weight is 181 g/mol. The number of β-amino-alcohol motifs (C(OH)–C–C–N with tert-alkyl or cyclic N) is 1. The normalized spacial score (nSPS) is 30.7. The van der Waals surface area contributed by atoms with E-state index in [0.717, 1.165) is 0 Å². The highest BCUT2D eigenvalue weighted by Gasteiger charge is 2.41. The lowest BCUT2D eigenvalue weighted by Crippen LogP contribution is -2.27. The molecular formula is C7H10F3NO. The molecule has 5 heteroatoms. The Hall–Kier alpha value is -0.550. The van der Waals surface area contributed by atoms with Crippen LogP contribution in [0, 0.1) is 5.92 Å². The first-order valence-corrected chi connectivity index (χ1v) is 3.57. The number of nitrogens with one attached hydrogen (secondary N) is 1. The van der Waals surface area contributed by atoms with Crippen molar-refractivity contribution >= 4 is 0 Å². The van der Waals surface area contributed by atoms with Crippen molar-refractivity contribution in [3.8, 4) is 0 Å². The monoisotopic (exact) mass is 181 g/mol. The van der Waals surface area contributed by atoms with Crippen LogP contribution >= 0.6 is 0 Å². The summed E-state index contributed by atoms with van der Waals surface area (Å²) in [6.45, 7) is 3.29. The summed E-state index contributed by atoms with van der Waals surface area (Å²) >= 11 is 0. The lowest BCUT2D eigenvalue weighted by molar-refractivity contribution is -0.102. The largest absolute Gasteiger partial charge is 0.412 e. The SMILES string of the molecule is C=C([C@@H]1CNC[C@H]1O)C(F)(F)F. The Morgan fingerprint density at radius 3 is 2.33 bits per heavy atom. The second kappa shape index (κ2) is 3.06. The summed E-state index contributed by atoms with van der Waals surface area (Å²) in [6, 6.07) is 0. The molecule has 2 atom stereocenters. The van der Waals surface area contributed by atoms with Gasteiger partial charge in [-0.05, 0) is 0 Å². The van der Waals surface area contributed by atoms with Crippen LogP contribution in [0.4, 0.5) is 13.2 Å². The maximum Gasteiger partial charge on any atom is 0.412 e. The van der Waals surface area contributed by atoms with Crippen molar-refractivity contribution in [2.24, 2.45) is 5.92 Å². The van der Waals surface area contributed by atoms with Gasteiger partial charge in [0.05, 0.1) is 6.10 Å². The zero-order valence-electron chi connectivity index (χ0n) is 6.36. The topological polar surface area (TPSA) is 32.3 Å². The van der Waals surface area contributed by atoms with Gasteiger partial charge in [-0.25, -0.2) is 0 Å². The standard InChI is InChI=1S/C7H10F3NO/c1-4(7(8,9)10)5-2-11-3-6(5)12/h5-6,11-12H,1-3H2/t5-,6+/m0/s1. The molecule has 0 saturated carbocycles. The molecule has 1 heterocycles. The molecule has 0 spiro atoms. The molecule has 1 saturated heterocycles. The summed E-state index contributed by atoms with van der Waals surface area (Å²) in [4.78, 5) is 0. The molecule has 1 aliphatic rings. The van der Waals surface area contributed by atoms with Gasteiger partial charge in [-0.1, -0.05) is 6.58 Å². The van der Waals surface area contributed by atoms with Crippen molar-refractivity contribution in [3.05, 3.63) is 12.2 Å². The molecule has 1 rings (SSSR count). The fourth-order valence-electron chi connectivity index (χ4n) is 1.23. The van der Waals surface area contributed by atoms with Gasteiger partial charge in [0, 0.05) is 24.6 Å². The molecule has 1 fully saturated rings. The summed E-state index contributed by atoms with van der Waals surface area (Å²) in [6.07, 6.45) is -5.35. The van der Waals surface area contributed by atoms with Gasteiger partial charge in [-0.2, -0.15) is 13.2 Å². The number of hydrogen-bond acceptors (Lipinski definition) is 2. The maximum atomic E-state index is 12.0. The van der Waals surface area contributed by atoms with E-state index in [1.165, 1.54) is 0 Å². The van der Waals surface area contributed by atoms with Gasteiger partial charge >= 0.3 is 6.18 Å². The third-order valence-electron chi connectivity index (χ3n) is 1.99. The number of hydrogen-bond donors (Lipinski definition) is 2. The highest BCUT2D eigenvalue weighted by molar-refractivity contribution is 5.12. The van der Waals surface area contributed by atoms with Crippen LogP contribution in [0.15, 0.2) is 12.2 Å². The van der Waals surface area contributed by atoms with E-state index in [-0.39, 0.29) is 13.1 Å². The van der Waals surface area contributed by atoms with Gasteiger partial charge in [0.15, 0.2) is 0 Å². The van der Waals surface area contributed by atoms with Gasteiger partial charge in [-0.15, -0.1) is 0 Å². The van der Waals surface area contributed by atoms with E-state index >= 15 is 0 Å². The fourth-order valence-corrected chi connectivity index (χ4v) is 1.23. The molecule has 2 N–H and O–H groups in total.